The van der Waals surface area contributed by atoms with Gasteiger partial charge in [0, 0.05) is 0 Å². The van der Waals surface area contributed by atoms with E-state index >= 15 is 0 Å². The van der Waals surface area contributed by atoms with Gasteiger partial charge in [0.15, 0.2) is 9.84 Å². The number of carbonyl (C=O) groups is 1. The van der Waals surface area contributed by atoms with E-state index in [4.69, 9.17) is 5.11 Å². The standard InChI is InChI=1S/C13H17FO4S/c1-3-9(2)7-19(17,18)8-10-4-5-11(13(15)16)12(14)6-10/h4-6,9H,3,7-8H2,1-2H3,(H,15,16). The minimum absolute atomic E-state index is 0.0474. The maximum atomic E-state index is 13.4. The maximum absolute atomic E-state index is 13.4. The van der Waals surface area contributed by atoms with E-state index in [0.717, 1.165) is 18.6 Å². The van der Waals surface area contributed by atoms with Gasteiger partial charge in [-0.05, 0) is 23.6 Å². The van der Waals surface area contributed by atoms with Crippen molar-refractivity contribution >= 4 is 15.8 Å². The van der Waals surface area contributed by atoms with E-state index in [-0.39, 0.29) is 23.0 Å². The summed E-state index contributed by atoms with van der Waals surface area (Å²) in [6.45, 7) is 3.74. The van der Waals surface area contributed by atoms with E-state index in [2.05, 4.69) is 0 Å². The lowest BCUT2D eigenvalue weighted by Gasteiger charge is -2.10. The number of halogens is 1. The average molecular weight is 288 g/mol. The smallest absolute Gasteiger partial charge is 0.338 e. The zero-order valence-electron chi connectivity index (χ0n) is 10.9. The van der Waals surface area contributed by atoms with Gasteiger partial charge < -0.3 is 5.11 Å². The second-order valence-corrected chi connectivity index (χ2v) is 6.80. The lowest BCUT2D eigenvalue weighted by atomic mass is 10.1. The minimum atomic E-state index is -3.31. The Hall–Kier alpha value is -1.43. The van der Waals surface area contributed by atoms with E-state index in [1.807, 2.05) is 13.8 Å². The van der Waals surface area contributed by atoms with E-state index in [1.54, 1.807) is 0 Å². The summed E-state index contributed by atoms with van der Waals surface area (Å²) in [4.78, 5) is 10.6. The third-order valence-corrected chi connectivity index (χ3v) is 4.74. The molecule has 0 radical (unpaired) electrons. The Morgan fingerprint density at radius 2 is 2.05 bits per heavy atom. The second-order valence-electron chi connectivity index (χ2n) is 4.69. The Bertz CT molecular complexity index is 566. The zero-order valence-corrected chi connectivity index (χ0v) is 11.7. The first kappa shape index (κ1) is 15.6. The molecule has 6 heteroatoms. The highest BCUT2D eigenvalue weighted by Crippen LogP contribution is 2.15. The fourth-order valence-electron chi connectivity index (χ4n) is 1.69. The summed E-state index contributed by atoms with van der Waals surface area (Å²) in [5, 5.41) is 8.68. The number of rotatable bonds is 6. The van der Waals surface area contributed by atoms with E-state index in [0.29, 0.717) is 0 Å². The number of benzene rings is 1. The van der Waals surface area contributed by atoms with Crippen LogP contribution in [0.15, 0.2) is 18.2 Å². The maximum Gasteiger partial charge on any atom is 0.338 e. The van der Waals surface area contributed by atoms with Crippen LogP contribution in [0.3, 0.4) is 0 Å². The highest BCUT2D eigenvalue weighted by atomic mass is 32.2. The molecule has 1 rings (SSSR count). The van der Waals surface area contributed by atoms with Crippen molar-refractivity contribution in [1.82, 2.24) is 0 Å². The molecular weight excluding hydrogens is 271 g/mol. The SMILES string of the molecule is CCC(C)CS(=O)(=O)Cc1ccc(C(=O)O)c(F)c1. The van der Waals surface area contributed by atoms with Crippen molar-refractivity contribution in [2.45, 2.75) is 26.0 Å². The minimum Gasteiger partial charge on any atom is -0.478 e. The molecule has 0 heterocycles. The summed E-state index contributed by atoms with van der Waals surface area (Å²) in [6.07, 6.45) is 0.755. The molecule has 0 saturated heterocycles. The van der Waals surface area contributed by atoms with Crippen LogP contribution in [0.25, 0.3) is 0 Å². The molecule has 0 saturated carbocycles. The number of sulfone groups is 1. The molecule has 0 aromatic heterocycles. The van der Waals surface area contributed by atoms with Crippen molar-refractivity contribution in [3.63, 3.8) is 0 Å². The molecular formula is C13H17FO4S. The van der Waals surface area contributed by atoms with Crippen molar-refractivity contribution in [2.75, 3.05) is 5.75 Å². The molecule has 0 aliphatic carbocycles. The molecule has 19 heavy (non-hydrogen) atoms. The van der Waals surface area contributed by atoms with Gasteiger partial charge in [0.25, 0.3) is 0 Å². The zero-order chi connectivity index (χ0) is 14.6. The van der Waals surface area contributed by atoms with E-state index in [1.165, 1.54) is 6.07 Å². The third kappa shape index (κ3) is 4.63. The molecule has 0 spiro atoms. The Morgan fingerprint density at radius 3 is 2.53 bits per heavy atom. The van der Waals surface area contributed by atoms with Gasteiger partial charge in [0.2, 0.25) is 0 Å². The summed E-state index contributed by atoms with van der Waals surface area (Å²) >= 11 is 0. The quantitative estimate of drug-likeness (QED) is 0.873. The van der Waals surface area contributed by atoms with Crippen molar-refractivity contribution in [3.8, 4) is 0 Å². The van der Waals surface area contributed by atoms with Crippen LogP contribution >= 0.6 is 0 Å². The molecule has 0 bridgehead atoms. The van der Waals surface area contributed by atoms with Gasteiger partial charge in [-0.2, -0.15) is 0 Å². The molecule has 106 valence electrons. The van der Waals surface area contributed by atoms with Gasteiger partial charge in [-0.15, -0.1) is 0 Å². The van der Waals surface area contributed by atoms with E-state index < -0.39 is 27.2 Å². The molecule has 1 N–H and O–H groups in total. The highest BCUT2D eigenvalue weighted by molar-refractivity contribution is 7.90. The van der Waals surface area contributed by atoms with Crippen LogP contribution in [0.2, 0.25) is 0 Å². The Labute approximate surface area is 112 Å². The van der Waals surface area contributed by atoms with Gasteiger partial charge in [-0.3, -0.25) is 0 Å². The van der Waals surface area contributed by atoms with Crippen molar-refractivity contribution in [1.29, 1.82) is 0 Å². The summed E-state index contributed by atoms with van der Waals surface area (Å²) in [7, 11) is -3.31. The van der Waals surface area contributed by atoms with Gasteiger partial charge in [0.1, 0.15) is 5.82 Å². The summed E-state index contributed by atoms with van der Waals surface area (Å²) in [5.41, 5.74) is -0.186. The first-order valence-corrected chi connectivity index (χ1v) is 7.79. The number of hydrogen-bond acceptors (Lipinski definition) is 3. The van der Waals surface area contributed by atoms with Crippen LogP contribution in [-0.2, 0) is 15.6 Å². The number of carboxylic acid groups (broad SMARTS) is 1. The molecule has 0 amide bonds. The van der Waals surface area contributed by atoms with Gasteiger partial charge >= 0.3 is 5.97 Å². The Balaban J connectivity index is 2.89. The Kier molecular flexibility index (Phi) is 5.05. The summed E-state index contributed by atoms with van der Waals surface area (Å²) < 4.78 is 37.2. The Morgan fingerprint density at radius 1 is 1.42 bits per heavy atom. The summed E-state index contributed by atoms with van der Waals surface area (Å²) in [6, 6.07) is 3.39. The van der Waals surface area contributed by atoms with Crippen LogP contribution in [0, 0.1) is 11.7 Å². The molecule has 4 nitrogen and oxygen atoms in total. The highest BCUT2D eigenvalue weighted by Gasteiger charge is 2.17. The number of hydrogen-bond donors (Lipinski definition) is 1. The molecule has 1 aromatic rings. The van der Waals surface area contributed by atoms with E-state index in [9.17, 15) is 17.6 Å². The monoisotopic (exact) mass is 288 g/mol. The summed E-state index contributed by atoms with van der Waals surface area (Å²) in [5.74, 6) is -2.46. The molecule has 0 fully saturated rings. The first-order valence-electron chi connectivity index (χ1n) is 5.97. The van der Waals surface area contributed by atoms with Crippen LogP contribution in [-0.4, -0.2) is 25.2 Å². The lowest BCUT2D eigenvalue weighted by molar-refractivity contribution is 0.0692. The van der Waals surface area contributed by atoms with Gasteiger partial charge in [-0.25, -0.2) is 17.6 Å². The topological polar surface area (TPSA) is 71.4 Å². The number of carboxylic acids is 1. The molecule has 1 unspecified atom stereocenters. The van der Waals surface area contributed by atoms with Crippen molar-refractivity contribution in [2.24, 2.45) is 5.92 Å². The largest absolute Gasteiger partial charge is 0.478 e. The normalized spacial score (nSPS) is 13.2. The lowest BCUT2D eigenvalue weighted by Crippen LogP contribution is -2.15. The number of aromatic carboxylic acids is 1. The van der Waals surface area contributed by atoms with Crippen LogP contribution in [0.5, 0.6) is 0 Å². The van der Waals surface area contributed by atoms with Crippen molar-refractivity contribution < 1.29 is 22.7 Å². The van der Waals surface area contributed by atoms with Crippen molar-refractivity contribution in [3.05, 3.63) is 35.1 Å². The fourth-order valence-corrected chi connectivity index (χ4v) is 3.59. The predicted molar refractivity (Wildman–Crippen MR) is 70.3 cm³/mol. The molecule has 1 aromatic carbocycles. The fraction of sp³-hybridized carbons (Fsp3) is 0.462. The first-order chi connectivity index (χ1) is 8.75. The van der Waals surface area contributed by atoms with Crippen LogP contribution in [0.4, 0.5) is 4.39 Å². The predicted octanol–water partition coefficient (Wildman–Crippen LogP) is 2.48. The van der Waals surface area contributed by atoms with Crippen LogP contribution < -0.4 is 0 Å². The second kappa shape index (κ2) is 6.14. The molecule has 0 aliphatic heterocycles. The van der Waals surface area contributed by atoms with Crippen LogP contribution in [0.1, 0.15) is 36.2 Å². The van der Waals surface area contributed by atoms with Gasteiger partial charge in [0.05, 0.1) is 17.1 Å². The molecule has 1 atom stereocenters. The average Bonchev–Trinajstić information content (AvgIpc) is 2.26. The van der Waals surface area contributed by atoms with Gasteiger partial charge in [-0.1, -0.05) is 26.3 Å². The molecule has 0 aliphatic rings. The third-order valence-electron chi connectivity index (χ3n) is 2.89.